The topological polar surface area (TPSA) is 141 Å². The third-order valence-corrected chi connectivity index (χ3v) is 6.44. The van der Waals surface area contributed by atoms with Crippen LogP contribution in [0.3, 0.4) is 0 Å². The predicted molar refractivity (Wildman–Crippen MR) is 115 cm³/mol. The van der Waals surface area contributed by atoms with Gasteiger partial charge in [-0.1, -0.05) is 0 Å². The Balaban J connectivity index is 1.84. The number of pyridine rings is 1. The molecule has 168 valence electrons. The standard InChI is InChI=1S/C19H31N5O5S/c1-2-20-17-16(7-6-15(23-17)5-3-4-8-22-19(26)27)18(25)21-9-10-24-11-13-30(28,29)14-12-24/h6-7,22H,2-5,8-14H2,1H3,(H,20,23)(H,21,25)(H,26,27). The lowest BCUT2D eigenvalue weighted by atomic mass is 10.1. The highest BCUT2D eigenvalue weighted by Crippen LogP contribution is 2.15. The monoisotopic (exact) mass is 441 g/mol. The highest BCUT2D eigenvalue weighted by atomic mass is 32.2. The number of aryl methyl sites for hydroxylation is 1. The number of carbonyl (C=O) groups is 2. The molecule has 4 N–H and O–H groups in total. The van der Waals surface area contributed by atoms with Crippen molar-refractivity contribution in [1.29, 1.82) is 0 Å². The van der Waals surface area contributed by atoms with Crippen molar-refractivity contribution in [3.63, 3.8) is 0 Å². The number of rotatable bonds is 11. The van der Waals surface area contributed by atoms with Crippen LogP contribution in [0.1, 0.15) is 35.8 Å². The lowest BCUT2D eigenvalue weighted by Crippen LogP contribution is -2.43. The normalized spacial score (nSPS) is 16.0. The van der Waals surface area contributed by atoms with Gasteiger partial charge in [0.05, 0.1) is 17.1 Å². The molecule has 0 aliphatic carbocycles. The Morgan fingerprint density at radius 2 is 1.87 bits per heavy atom. The number of sulfone groups is 1. The molecule has 1 fully saturated rings. The summed E-state index contributed by atoms with van der Waals surface area (Å²) in [6.45, 7) is 4.99. The second-order valence-corrected chi connectivity index (χ2v) is 9.47. The quantitative estimate of drug-likeness (QED) is 0.365. The third kappa shape index (κ3) is 8.15. The van der Waals surface area contributed by atoms with Gasteiger partial charge in [0.2, 0.25) is 0 Å². The summed E-state index contributed by atoms with van der Waals surface area (Å²) in [5.41, 5.74) is 1.31. The minimum atomic E-state index is -2.91. The third-order valence-electron chi connectivity index (χ3n) is 4.83. The molecule has 1 aliphatic heterocycles. The van der Waals surface area contributed by atoms with E-state index in [4.69, 9.17) is 5.11 Å². The smallest absolute Gasteiger partial charge is 0.404 e. The fourth-order valence-electron chi connectivity index (χ4n) is 3.15. The molecule has 0 bridgehead atoms. The molecule has 11 heteroatoms. The summed E-state index contributed by atoms with van der Waals surface area (Å²) in [5.74, 6) is 0.646. The van der Waals surface area contributed by atoms with Gasteiger partial charge in [-0.3, -0.25) is 9.69 Å². The maximum absolute atomic E-state index is 12.6. The Morgan fingerprint density at radius 3 is 2.53 bits per heavy atom. The molecule has 1 aliphatic rings. The van der Waals surface area contributed by atoms with E-state index in [1.807, 2.05) is 17.9 Å². The molecule has 1 saturated heterocycles. The second kappa shape index (κ2) is 11.7. The Hall–Kier alpha value is -2.40. The number of nitrogens with zero attached hydrogens (tertiary/aromatic N) is 2. The molecule has 0 atom stereocenters. The number of amides is 2. The molecule has 1 aromatic rings. The van der Waals surface area contributed by atoms with Crippen molar-refractivity contribution in [2.45, 2.75) is 26.2 Å². The largest absolute Gasteiger partial charge is 0.465 e. The van der Waals surface area contributed by atoms with E-state index in [-0.39, 0.29) is 17.4 Å². The maximum atomic E-state index is 12.6. The van der Waals surface area contributed by atoms with Crippen molar-refractivity contribution in [2.24, 2.45) is 0 Å². The first kappa shape index (κ1) is 23.9. The van der Waals surface area contributed by atoms with Crippen LogP contribution in [0.4, 0.5) is 10.6 Å². The van der Waals surface area contributed by atoms with Crippen molar-refractivity contribution in [3.8, 4) is 0 Å². The minimum Gasteiger partial charge on any atom is -0.465 e. The van der Waals surface area contributed by atoms with Crippen molar-refractivity contribution < 1.29 is 23.1 Å². The van der Waals surface area contributed by atoms with E-state index < -0.39 is 15.9 Å². The maximum Gasteiger partial charge on any atom is 0.404 e. The van der Waals surface area contributed by atoms with Gasteiger partial charge >= 0.3 is 6.09 Å². The lowest BCUT2D eigenvalue weighted by Gasteiger charge is -2.26. The summed E-state index contributed by atoms with van der Waals surface area (Å²) in [6.07, 6.45) is 1.17. The number of aromatic nitrogens is 1. The van der Waals surface area contributed by atoms with Gasteiger partial charge < -0.3 is 21.1 Å². The van der Waals surface area contributed by atoms with Crippen LogP contribution in [0.25, 0.3) is 0 Å². The Morgan fingerprint density at radius 1 is 1.13 bits per heavy atom. The summed E-state index contributed by atoms with van der Waals surface area (Å²) in [5, 5.41) is 16.9. The van der Waals surface area contributed by atoms with Gasteiger partial charge in [0.15, 0.2) is 9.84 Å². The van der Waals surface area contributed by atoms with Gasteiger partial charge in [-0.05, 0) is 38.3 Å². The molecule has 0 aromatic carbocycles. The molecule has 2 rings (SSSR count). The molecule has 2 heterocycles. The van der Waals surface area contributed by atoms with Gasteiger partial charge in [-0.2, -0.15) is 0 Å². The number of hydrogen-bond donors (Lipinski definition) is 4. The molecule has 2 amide bonds. The average Bonchev–Trinajstić information content (AvgIpc) is 2.69. The molecule has 30 heavy (non-hydrogen) atoms. The Labute approximate surface area is 177 Å². The minimum absolute atomic E-state index is 0.170. The van der Waals surface area contributed by atoms with Crippen LogP contribution in [-0.2, 0) is 16.3 Å². The molecule has 0 spiro atoms. The first-order chi connectivity index (χ1) is 14.3. The van der Waals surface area contributed by atoms with E-state index in [1.54, 1.807) is 6.07 Å². The van der Waals surface area contributed by atoms with E-state index in [0.717, 1.165) is 12.1 Å². The van der Waals surface area contributed by atoms with Gasteiger partial charge in [0, 0.05) is 45.0 Å². The summed E-state index contributed by atoms with van der Waals surface area (Å²) >= 11 is 0. The van der Waals surface area contributed by atoms with Gasteiger partial charge in [0.1, 0.15) is 5.82 Å². The number of carboxylic acid groups (broad SMARTS) is 1. The molecule has 0 unspecified atom stereocenters. The Bertz CT molecular complexity index is 817. The van der Waals surface area contributed by atoms with Gasteiger partial charge in [-0.15, -0.1) is 0 Å². The molecule has 0 radical (unpaired) electrons. The van der Waals surface area contributed by atoms with Crippen LogP contribution in [0.15, 0.2) is 12.1 Å². The summed E-state index contributed by atoms with van der Waals surface area (Å²) < 4.78 is 23.0. The van der Waals surface area contributed by atoms with Crippen molar-refractivity contribution in [1.82, 2.24) is 20.5 Å². The summed E-state index contributed by atoms with van der Waals surface area (Å²) in [6, 6.07) is 3.56. The fourth-order valence-corrected chi connectivity index (χ4v) is 4.42. The molecule has 0 saturated carbocycles. The van der Waals surface area contributed by atoms with E-state index in [1.165, 1.54) is 0 Å². The number of carbonyl (C=O) groups excluding carboxylic acids is 1. The SMILES string of the molecule is CCNc1nc(CCCCNC(=O)O)ccc1C(=O)NCCN1CCS(=O)(=O)CC1. The zero-order chi connectivity index (χ0) is 22.0. The summed E-state index contributed by atoms with van der Waals surface area (Å²) in [7, 11) is -2.91. The van der Waals surface area contributed by atoms with E-state index >= 15 is 0 Å². The molecule has 10 nitrogen and oxygen atoms in total. The highest BCUT2D eigenvalue weighted by Gasteiger charge is 2.21. The van der Waals surface area contributed by atoms with Crippen molar-refractivity contribution >= 4 is 27.7 Å². The van der Waals surface area contributed by atoms with E-state index in [0.29, 0.717) is 63.5 Å². The van der Waals surface area contributed by atoms with Crippen molar-refractivity contribution in [3.05, 3.63) is 23.4 Å². The first-order valence-corrected chi connectivity index (χ1v) is 12.0. The summed E-state index contributed by atoms with van der Waals surface area (Å²) in [4.78, 5) is 29.6. The average molecular weight is 442 g/mol. The molecular formula is C19H31N5O5S. The number of anilines is 1. The first-order valence-electron chi connectivity index (χ1n) is 10.2. The lowest BCUT2D eigenvalue weighted by molar-refractivity contribution is 0.0949. The fraction of sp³-hybridized carbons (Fsp3) is 0.632. The van der Waals surface area contributed by atoms with Crippen LogP contribution in [0, 0.1) is 0 Å². The zero-order valence-corrected chi connectivity index (χ0v) is 18.1. The van der Waals surface area contributed by atoms with Crippen LogP contribution in [-0.4, -0.2) is 86.2 Å². The highest BCUT2D eigenvalue weighted by molar-refractivity contribution is 7.91. The van der Waals surface area contributed by atoms with Crippen LogP contribution < -0.4 is 16.0 Å². The van der Waals surface area contributed by atoms with Gasteiger partial charge in [0.25, 0.3) is 5.91 Å². The predicted octanol–water partition coefficient (Wildman–Crippen LogP) is 0.564. The number of nitrogens with one attached hydrogen (secondary N) is 3. The van der Waals surface area contributed by atoms with E-state index in [9.17, 15) is 18.0 Å². The molecule has 1 aromatic heterocycles. The van der Waals surface area contributed by atoms with Crippen LogP contribution in [0.5, 0.6) is 0 Å². The van der Waals surface area contributed by atoms with Crippen molar-refractivity contribution in [2.75, 3.05) is 56.1 Å². The van der Waals surface area contributed by atoms with E-state index in [2.05, 4.69) is 20.9 Å². The number of hydrogen-bond acceptors (Lipinski definition) is 7. The Kier molecular flexibility index (Phi) is 9.31. The van der Waals surface area contributed by atoms with Crippen LogP contribution >= 0.6 is 0 Å². The number of unbranched alkanes of at least 4 members (excludes halogenated alkanes) is 1. The zero-order valence-electron chi connectivity index (χ0n) is 17.3. The molecular weight excluding hydrogens is 410 g/mol. The second-order valence-electron chi connectivity index (χ2n) is 7.17. The van der Waals surface area contributed by atoms with Crippen LogP contribution in [0.2, 0.25) is 0 Å². The van der Waals surface area contributed by atoms with Gasteiger partial charge in [-0.25, -0.2) is 18.2 Å².